The molecule has 0 aromatic heterocycles. The molecule has 0 saturated heterocycles. The Morgan fingerprint density at radius 2 is 1.68 bits per heavy atom. The smallest absolute Gasteiger partial charge is 0.134 e. The molecule has 0 aliphatic carbocycles. The van der Waals surface area contributed by atoms with Crippen LogP contribution in [0, 0.1) is 6.92 Å². The molecule has 0 unspecified atom stereocenters. The van der Waals surface area contributed by atoms with Crippen molar-refractivity contribution >= 4 is 33.2 Å². The van der Waals surface area contributed by atoms with Crippen LogP contribution in [0.15, 0.2) is 71.2 Å². The van der Waals surface area contributed by atoms with Crippen molar-refractivity contribution < 1.29 is 4.74 Å². The molecule has 0 aliphatic rings. The van der Waals surface area contributed by atoms with Gasteiger partial charge in [0.25, 0.3) is 0 Å². The Bertz CT molecular complexity index is 849. The molecule has 0 spiro atoms. The highest BCUT2D eigenvalue weighted by Gasteiger charge is 2.04. The van der Waals surface area contributed by atoms with Crippen molar-refractivity contribution in [1.29, 1.82) is 0 Å². The van der Waals surface area contributed by atoms with E-state index in [4.69, 9.17) is 16.3 Å². The first-order valence-corrected chi connectivity index (χ1v) is 9.24. The highest BCUT2D eigenvalue weighted by Crippen LogP contribution is 2.27. The fraction of sp³-hybridized carbons (Fsp3) is 0.143. The SMILES string of the molecule is Cc1ccccc1NCc1ccc(OCc2ccc(Cl)cc2)c(Br)c1. The van der Waals surface area contributed by atoms with Crippen molar-refractivity contribution in [2.45, 2.75) is 20.1 Å². The van der Waals surface area contributed by atoms with Gasteiger partial charge in [0.1, 0.15) is 12.4 Å². The monoisotopic (exact) mass is 415 g/mol. The molecule has 3 aromatic rings. The number of anilines is 1. The number of hydrogen-bond donors (Lipinski definition) is 1. The van der Waals surface area contributed by atoms with E-state index >= 15 is 0 Å². The summed E-state index contributed by atoms with van der Waals surface area (Å²) >= 11 is 9.50. The lowest BCUT2D eigenvalue weighted by Crippen LogP contribution is -2.01. The first kappa shape index (κ1) is 17.8. The van der Waals surface area contributed by atoms with Gasteiger partial charge in [0.15, 0.2) is 0 Å². The summed E-state index contributed by atoms with van der Waals surface area (Å²) in [6.45, 7) is 3.38. The summed E-state index contributed by atoms with van der Waals surface area (Å²) in [6.07, 6.45) is 0. The van der Waals surface area contributed by atoms with Gasteiger partial charge < -0.3 is 10.1 Å². The van der Waals surface area contributed by atoms with E-state index < -0.39 is 0 Å². The molecule has 0 aliphatic heterocycles. The van der Waals surface area contributed by atoms with Crippen LogP contribution in [0.2, 0.25) is 5.02 Å². The number of halogens is 2. The highest BCUT2D eigenvalue weighted by molar-refractivity contribution is 9.10. The molecule has 128 valence electrons. The average molecular weight is 417 g/mol. The molecule has 0 heterocycles. The van der Waals surface area contributed by atoms with Gasteiger partial charge in [-0.1, -0.05) is 48.0 Å². The van der Waals surface area contributed by atoms with E-state index in [1.165, 1.54) is 11.1 Å². The Morgan fingerprint density at radius 3 is 2.40 bits per heavy atom. The standard InChI is InChI=1S/C21H19BrClNO/c1-15-4-2-3-5-20(15)24-13-17-8-11-21(19(22)12-17)25-14-16-6-9-18(23)10-7-16/h2-12,24H,13-14H2,1H3. The van der Waals surface area contributed by atoms with Crippen molar-refractivity contribution in [3.05, 3.63) is 92.9 Å². The van der Waals surface area contributed by atoms with E-state index in [9.17, 15) is 0 Å². The zero-order chi connectivity index (χ0) is 17.6. The molecule has 0 bridgehead atoms. The van der Waals surface area contributed by atoms with Crippen LogP contribution in [0.25, 0.3) is 0 Å². The summed E-state index contributed by atoms with van der Waals surface area (Å²) in [6, 6.07) is 22.1. The predicted octanol–water partition coefficient (Wildman–Crippen LogP) is 6.60. The van der Waals surface area contributed by atoms with Gasteiger partial charge in [-0.05, 0) is 69.9 Å². The van der Waals surface area contributed by atoms with Gasteiger partial charge in [-0.25, -0.2) is 0 Å². The molecule has 0 fully saturated rings. The first-order valence-electron chi connectivity index (χ1n) is 8.07. The van der Waals surface area contributed by atoms with Crippen LogP contribution in [0.4, 0.5) is 5.69 Å². The molecular formula is C21H19BrClNO. The second-order valence-corrected chi connectivity index (χ2v) is 7.14. The van der Waals surface area contributed by atoms with Crippen molar-refractivity contribution in [2.24, 2.45) is 0 Å². The van der Waals surface area contributed by atoms with Gasteiger partial charge >= 0.3 is 0 Å². The van der Waals surface area contributed by atoms with Crippen molar-refractivity contribution in [2.75, 3.05) is 5.32 Å². The summed E-state index contributed by atoms with van der Waals surface area (Å²) in [5, 5.41) is 4.20. The topological polar surface area (TPSA) is 21.3 Å². The molecule has 2 nitrogen and oxygen atoms in total. The van der Waals surface area contributed by atoms with Crippen LogP contribution in [0.1, 0.15) is 16.7 Å². The van der Waals surface area contributed by atoms with Gasteiger partial charge in [-0.3, -0.25) is 0 Å². The second-order valence-electron chi connectivity index (χ2n) is 5.85. The third-order valence-electron chi connectivity index (χ3n) is 3.93. The first-order chi connectivity index (χ1) is 12.1. The molecule has 0 atom stereocenters. The van der Waals surface area contributed by atoms with Crippen LogP contribution in [-0.2, 0) is 13.2 Å². The van der Waals surface area contributed by atoms with Crippen LogP contribution in [0.3, 0.4) is 0 Å². The lowest BCUT2D eigenvalue weighted by molar-refractivity contribution is 0.304. The maximum Gasteiger partial charge on any atom is 0.134 e. The molecule has 0 radical (unpaired) electrons. The van der Waals surface area contributed by atoms with Gasteiger partial charge in [-0.15, -0.1) is 0 Å². The molecule has 0 saturated carbocycles. The number of nitrogens with one attached hydrogen (secondary N) is 1. The van der Waals surface area contributed by atoms with Crippen LogP contribution < -0.4 is 10.1 Å². The van der Waals surface area contributed by atoms with Gasteiger partial charge in [0, 0.05) is 17.3 Å². The normalized spacial score (nSPS) is 10.5. The maximum absolute atomic E-state index is 5.90. The zero-order valence-electron chi connectivity index (χ0n) is 13.9. The number of hydrogen-bond acceptors (Lipinski definition) is 2. The molecule has 25 heavy (non-hydrogen) atoms. The summed E-state index contributed by atoms with van der Waals surface area (Å²) in [4.78, 5) is 0. The second kappa shape index (κ2) is 8.41. The Hall–Kier alpha value is -1.97. The number of rotatable bonds is 6. The fourth-order valence-electron chi connectivity index (χ4n) is 2.48. The largest absolute Gasteiger partial charge is 0.488 e. The Labute approximate surface area is 161 Å². The van der Waals surface area contributed by atoms with E-state index in [1.807, 2.05) is 42.5 Å². The Kier molecular flexibility index (Phi) is 6.00. The lowest BCUT2D eigenvalue weighted by atomic mass is 10.1. The summed E-state index contributed by atoms with van der Waals surface area (Å²) in [5.74, 6) is 0.828. The zero-order valence-corrected chi connectivity index (χ0v) is 16.3. The third-order valence-corrected chi connectivity index (χ3v) is 4.80. The van der Waals surface area contributed by atoms with E-state index in [1.54, 1.807) is 0 Å². The van der Waals surface area contributed by atoms with Gasteiger partial charge in [0.2, 0.25) is 0 Å². The van der Waals surface area contributed by atoms with Crippen LogP contribution in [0.5, 0.6) is 5.75 Å². The summed E-state index contributed by atoms with van der Waals surface area (Å²) in [5.41, 5.74) is 4.67. The van der Waals surface area contributed by atoms with E-state index in [2.05, 4.69) is 52.4 Å². The number of para-hydroxylation sites is 1. The predicted molar refractivity (Wildman–Crippen MR) is 108 cm³/mol. The van der Waals surface area contributed by atoms with E-state index in [0.717, 1.165) is 33.0 Å². The average Bonchev–Trinajstić information content (AvgIpc) is 2.62. The maximum atomic E-state index is 5.90. The van der Waals surface area contributed by atoms with E-state index in [0.29, 0.717) is 6.61 Å². The molecule has 4 heteroatoms. The fourth-order valence-corrected chi connectivity index (χ4v) is 3.15. The highest BCUT2D eigenvalue weighted by atomic mass is 79.9. The van der Waals surface area contributed by atoms with Crippen LogP contribution >= 0.6 is 27.5 Å². The Balaban J connectivity index is 1.60. The summed E-state index contributed by atoms with van der Waals surface area (Å²) in [7, 11) is 0. The van der Waals surface area contributed by atoms with Crippen LogP contribution in [-0.4, -0.2) is 0 Å². The molecule has 3 aromatic carbocycles. The molecule has 3 rings (SSSR count). The minimum Gasteiger partial charge on any atom is -0.488 e. The minimum absolute atomic E-state index is 0.510. The molecule has 1 N–H and O–H groups in total. The van der Waals surface area contributed by atoms with Gasteiger partial charge in [-0.2, -0.15) is 0 Å². The number of ether oxygens (including phenoxy) is 1. The number of benzene rings is 3. The minimum atomic E-state index is 0.510. The Morgan fingerprint density at radius 1 is 0.960 bits per heavy atom. The third kappa shape index (κ3) is 5.00. The number of aryl methyl sites for hydroxylation is 1. The molecular weight excluding hydrogens is 398 g/mol. The van der Waals surface area contributed by atoms with E-state index in [-0.39, 0.29) is 0 Å². The van der Waals surface area contributed by atoms with Crippen molar-refractivity contribution in [1.82, 2.24) is 0 Å². The van der Waals surface area contributed by atoms with Crippen molar-refractivity contribution in [3.8, 4) is 5.75 Å². The lowest BCUT2D eigenvalue weighted by Gasteiger charge is -2.12. The van der Waals surface area contributed by atoms with Crippen molar-refractivity contribution in [3.63, 3.8) is 0 Å². The van der Waals surface area contributed by atoms with Gasteiger partial charge in [0.05, 0.1) is 4.47 Å². The quantitative estimate of drug-likeness (QED) is 0.488. The molecule has 0 amide bonds. The summed E-state index contributed by atoms with van der Waals surface area (Å²) < 4.78 is 6.84.